The van der Waals surface area contributed by atoms with Crippen LogP contribution in [0.25, 0.3) is 0 Å². The van der Waals surface area contributed by atoms with Crippen molar-refractivity contribution in [3.8, 4) is 0 Å². The van der Waals surface area contributed by atoms with Gasteiger partial charge in [0.05, 0.1) is 0 Å². The minimum absolute atomic E-state index is 1.03. The van der Waals surface area contributed by atoms with Crippen molar-refractivity contribution < 1.29 is 0 Å². The largest absolute Gasteiger partial charge is 0.0616 e. The van der Waals surface area contributed by atoms with Gasteiger partial charge in [0.15, 0.2) is 0 Å². The van der Waals surface area contributed by atoms with Crippen molar-refractivity contribution in [2.75, 3.05) is 0 Å². The molecule has 4 aromatic rings. The number of hydrogen-bond acceptors (Lipinski definition) is 0. The minimum atomic E-state index is 1.03. The third kappa shape index (κ3) is 2.16. The topological polar surface area (TPSA) is 0 Å². The summed E-state index contributed by atoms with van der Waals surface area (Å²) in [5.41, 5.74) is 1.41. The molecule has 4 aromatic carbocycles. The summed E-state index contributed by atoms with van der Waals surface area (Å²) in [4.78, 5) is 0. The van der Waals surface area contributed by atoms with Crippen LogP contribution in [0.2, 0.25) is 0 Å². The van der Waals surface area contributed by atoms with E-state index in [0.29, 0.717) is 0 Å². The van der Waals surface area contributed by atoms with Gasteiger partial charge in [-0.25, -0.2) is 0 Å². The van der Waals surface area contributed by atoms with E-state index in [1.165, 1.54) is 47.3 Å². The third-order valence-electron chi connectivity index (χ3n) is 5.45. The Labute approximate surface area is 152 Å². The Bertz CT molecular complexity index is 1510. The second-order valence-electron chi connectivity index (χ2n) is 6.83. The van der Waals surface area contributed by atoms with Crippen molar-refractivity contribution >= 4 is 0 Å². The molecule has 0 N–H and O–H groups in total. The van der Waals surface area contributed by atoms with E-state index in [4.69, 9.17) is 0 Å². The highest BCUT2D eigenvalue weighted by molar-refractivity contribution is 5.32. The fraction of sp³-hybridized carbons (Fsp3) is 0.0769. The normalized spacial score (nSPS) is 17.0. The molecule has 0 spiro atoms. The fourth-order valence-corrected chi connectivity index (χ4v) is 4.28. The van der Waals surface area contributed by atoms with E-state index in [0.717, 1.165) is 6.42 Å². The smallest absolute Gasteiger partial charge is 0.00670 e. The third-order valence-corrected chi connectivity index (χ3v) is 5.45. The first-order valence-corrected chi connectivity index (χ1v) is 9.29. The van der Waals surface area contributed by atoms with Crippen LogP contribution in [0.1, 0.15) is 12.5 Å². The quantitative estimate of drug-likeness (QED) is 0.369. The van der Waals surface area contributed by atoms with Gasteiger partial charge in [-0.15, -0.1) is 0 Å². The molecule has 26 heavy (non-hydrogen) atoms. The molecule has 0 heterocycles. The highest BCUT2D eigenvalue weighted by Gasteiger charge is 2.02. The Balaban J connectivity index is 2.46. The Kier molecular flexibility index (Phi) is 3.50. The first kappa shape index (κ1) is 15.2. The SMILES string of the molecule is CCc1cccc2/c1=c1/cccc/c1=c1\cccc\c1=c1/cccc/c1=2. The van der Waals surface area contributed by atoms with Crippen molar-refractivity contribution in [2.24, 2.45) is 0 Å². The van der Waals surface area contributed by atoms with E-state index >= 15 is 0 Å². The van der Waals surface area contributed by atoms with Gasteiger partial charge in [0.25, 0.3) is 0 Å². The van der Waals surface area contributed by atoms with E-state index in [9.17, 15) is 0 Å². The van der Waals surface area contributed by atoms with Crippen LogP contribution in [-0.4, -0.2) is 0 Å². The molecule has 0 amide bonds. The monoisotopic (exact) mass is 332 g/mol. The number of rotatable bonds is 1. The molecular formula is C26H20. The van der Waals surface area contributed by atoms with E-state index in [1.807, 2.05) is 0 Å². The maximum Gasteiger partial charge on any atom is -0.00670 e. The molecule has 0 heteroatoms. The number of hydrogen-bond donors (Lipinski definition) is 0. The molecule has 0 unspecified atom stereocenters. The zero-order valence-electron chi connectivity index (χ0n) is 14.9. The molecule has 1 aliphatic rings. The lowest BCUT2D eigenvalue weighted by molar-refractivity contribution is 1.10. The van der Waals surface area contributed by atoms with Crippen molar-refractivity contribution in [3.63, 3.8) is 0 Å². The summed E-state index contributed by atoms with van der Waals surface area (Å²) >= 11 is 0. The molecule has 0 aliphatic heterocycles. The number of fused-ring (bicyclic) bond motifs is 4. The van der Waals surface area contributed by atoms with Gasteiger partial charge in [-0.3, -0.25) is 0 Å². The van der Waals surface area contributed by atoms with E-state index in [1.54, 1.807) is 0 Å². The average Bonchev–Trinajstić information content (AvgIpc) is 2.72. The molecular weight excluding hydrogens is 312 g/mol. The van der Waals surface area contributed by atoms with Crippen LogP contribution in [0, 0.1) is 41.7 Å². The van der Waals surface area contributed by atoms with Gasteiger partial charge < -0.3 is 0 Å². The van der Waals surface area contributed by atoms with Crippen LogP contribution in [0.3, 0.4) is 0 Å². The molecule has 124 valence electrons. The van der Waals surface area contributed by atoms with Gasteiger partial charge >= 0.3 is 0 Å². The summed E-state index contributed by atoms with van der Waals surface area (Å²) in [5, 5.41) is 10.6. The summed E-state index contributed by atoms with van der Waals surface area (Å²) in [6.07, 6.45) is 1.03. The minimum Gasteiger partial charge on any atom is -0.0616 e. The molecule has 0 aromatic heterocycles. The lowest BCUT2D eigenvalue weighted by Crippen LogP contribution is -1.93. The summed E-state index contributed by atoms with van der Waals surface area (Å²) < 4.78 is 0. The summed E-state index contributed by atoms with van der Waals surface area (Å²) in [5.74, 6) is 0. The molecule has 0 saturated carbocycles. The predicted octanol–water partition coefficient (Wildman–Crippen LogP) is 5.71. The number of benzene rings is 4. The van der Waals surface area contributed by atoms with Gasteiger partial charge in [-0.2, -0.15) is 0 Å². The zero-order chi connectivity index (χ0) is 17.5. The molecule has 1 aliphatic carbocycles. The average molecular weight is 332 g/mol. The highest BCUT2D eigenvalue weighted by Crippen LogP contribution is 2.15. The fourth-order valence-electron chi connectivity index (χ4n) is 4.28. The summed E-state index contributed by atoms with van der Waals surface area (Å²) in [6.45, 7) is 2.25. The van der Waals surface area contributed by atoms with E-state index < -0.39 is 0 Å². The predicted molar refractivity (Wildman–Crippen MR) is 106 cm³/mol. The van der Waals surface area contributed by atoms with Gasteiger partial charge in [0, 0.05) is 0 Å². The van der Waals surface area contributed by atoms with Gasteiger partial charge in [0.2, 0.25) is 0 Å². The van der Waals surface area contributed by atoms with E-state index in [-0.39, 0.29) is 0 Å². The molecule has 0 radical (unpaired) electrons. The molecule has 0 saturated heterocycles. The zero-order valence-corrected chi connectivity index (χ0v) is 14.9. The Hall–Kier alpha value is -3.12. The van der Waals surface area contributed by atoms with Crippen LogP contribution < -0.4 is 0 Å². The molecule has 5 rings (SSSR count). The molecule has 0 atom stereocenters. The Morgan fingerprint density at radius 3 is 1.31 bits per heavy atom. The lowest BCUT2D eigenvalue weighted by atomic mass is 9.98. The van der Waals surface area contributed by atoms with Crippen LogP contribution >= 0.6 is 0 Å². The molecule has 0 fully saturated rings. The Morgan fingerprint density at radius 1 is 0.423 bits per heavy atom. The highest BCUT2D eigenvalue weighted by atomic mass is 14.1. The standard InChI is InChI=1S/C26H20/c1-2-18-10-9-17-25-23-14-6-5-13-21(23)19-11-3-4-12-20(19)22-15-7-8-16-24(22)26(18)25/h3-17H,2H2,1H3/b21-19-,22-20-,25-23-,26-24-. The van der Waals surface area contributed by atoms with Crippen molar-refractivity contribution in [3.05, 3.63) is 138 Å². The first-order valence-electron chi connectivity index (χ1n) is 9.29. The van der Waals surface area contributed by atoms with Crippen LogP contribution in [0.15, 0.2) is 91.0 Å². The van der Waals surface area contributed by atoms with Crippen molar-refractivity contribution in [1.82, 2.24) is 0 Å². The maximum absolute atomic E-state index is 2.28. The van der Waals surface area contributed by atoms with Crippen LogP contribution in [0.4, 0.5) is 0 Å². The number of aryl methyl sites for hydroxylation is 1. The van der Waals surface area contributed by atoms with Gasteiger partial charge in [-0.1, -0.05) is 97.9 Å². The van der Waals surface area contributed by atoms with Crippen molar-refractivity contribution in [2.45, 2.75) is 13.3 Å². The molecule has 0 nitrogen and oxygen atoms in total. The second kappa shape index (κ2) is 6.00. The summed E-state index contributed by atoms with van der Waals surface area (Å²) in [6, 6.07) is 33.2. The van der Waals surface area contributed by atoms with E-state index in [2.05, 4.69) is 97.9 Å². The maximum atomic E-state index is 2.28. The lowest BCUT2D eigenvalue weighted by Gasteiger charge is -2.05. The molecule has 0 bridgehead atoms. The van der Waals surface area contributed by atoms with Crippen molar-refractivity contribution in [1.29, 1.82) is 0 Å². The second-order valence-corrected chi connectivity index (χ2v) is 6.83. The van der Waals surface area contributed by atoms with Gasteiger partial charge in [-0.05, 0) is 53.7 Å². The van der Waals surface area contributed by atoms with Crippen LogP contribution in [0.5, 0.6) is 0 Å². The van der Waals surface area contributed by atoms with Gasteiger partial charge in [0.1, 0.15) is 0 Å². The van der Waals surface area contributed by atoms with Crippen LogP contribution in [-0.2, 0) is 6.42 Å². The first-order chi connectivity index (χ1) is 12.9. The Morgan fingerprint density at radius 2 is 0.808 bits per heavy atom. The summed E-state index contributed by atoms with van der Waals surface area (Å²) in [7, 11) is 0.